The van der Waals surface area contributed by atoms with Crippen molar-refractivity contribution < 1.29 is 4.79 Å². The quantitative estimate of drug-likeness (QED) is 0.891. The first-order chi connectivity index (χ1) is 9.61. The van der Waals surface area contributed by atoms with Crippen molar-refractivity contribution in [3.8, 4) is 0 Å². The Balaban J connectivity index is 1.76. The summed E-state index contributed by atoms with van der Waals surface area (Å²) in [5.74, 6) is 0.394. The fourth-order valence-electron chi connectivity index (χ4n) is 2.71. The van der Waals surface area contributed by atoms with Crippen LogP contribution in [0.5, 0.6) is 0 Å². The molecule has 1 amide bonds. The van der Waals surface area contributed by atoms with Gasteiger partial charge in [0.15, 0.2) is 0 Å². The average molecular weight is 278 g/mol. The highest BCUT2D eigenvalue weighted by atomic mass is 16.2. The third-order valence-electron chi connectivity index (χ3n) is 3.98. The maximum atomic E-state index is 11.9. The normalized spacial score (nSPS) is 16.9. The third kappa shape index (κ3) is 3.60. The van der Waals surface area contributed by atoms with Crippen molar-refractivity contribution in [1.29, 1.82) is 0 Å². The molecule has 5 nitrogen and oxygen atoms in total. The van der Waals surface area contributed by atoms with E-state index < -0.39 is 0 Å². The molecular weight excluding hydrogens is 252 g/mol. The van der Waals surface area contributed by atoms with E-state index in [1.165, 1.54) is 5.69 Å². The van der Waals surface area contributed by atoms with Gasteiger partial charge in [0, 0.05) is 44.3 Å². The van der Waals surface area contributed by atoms with Gasteiger partial charge < -0.3 is 10.2 Å². The Hall–Kier alpha value is -1.36. The van der Waals surface area contributed by atoms with Crippen molar-refractivity contribution in [3.63, 3.8) is 0 Å². The molecule has 0 aromatic carbocycles. The highest BCUT2D eigenvalue weighted by molar-refractivity contribution is 5.78. The van der Waals surface area contributed by atoms with Crippen LogP contribution < -0.4 is 5.32 Å². The number of nitrogens with one attached hydrogen (secondary N) is 1. The summed E-state index contributed by atoms with van der Waals surface area (Å²) in [5, 5.41) is 7.87. The van der Waals surface area contributed by atoms with E-state index in [2.05, 4.69) is 23.4 Å². The number of carbonyl (C=O) groups excluding carboxylic acids is 1. The summed E-state index contributed by atoms with van der Waals surface area (Å²) in [6, 6.07) is 2.57. The number of nitrogens with zero attached hydrogens (tertiary/aromatic N) is 3. The fourth-order valence-corrected chi connectivity index (χ4v) is 2.71. The van der Waals surface area contributed by atoms with E-state index >= 15 is 0 Å². The summed E-state index contributed by atoms with van der Waals surface area (Å²) >= 11 is 0. The number of aromatic nitrogens is 2. The van der Waals surface area contributed by atoms with Crippen LogP contribution in [0.3, 0.4) is 0 Å². The maximum absolute atomic E-state index is 11.9. The van der Waals surface area contributed by atoms with Crippen LogP contribution in [0.15, 0.2) is 12.3 Å². The van der Waals surface area contributed by atoms with Crippen LogP contribution in [0, 0.1) is 5.92 Å². The Kier molecular flexibility index (Phi) is 5.17. The van der Waals surface area contributed by atoms with Crippen LogP contribution in [-0.2, 0) is 17.9 Å². The Labute approximate surface area is 121 Å². The highest BCUT2D eigenvalue weighted by Gasteiger charge is 2.23. The lowest BCUT2D eigenvalue weighted by molar-refractivity contribution is -0.135. The van der Waals surface area contributed by atoms with E-state index in [9.17, 15) is 4.79 Å². The molecule has 1 aromatic heterocycles. The fraction of sp³-hybridized carbons (Fsp3) is 0.733. The van der Waals surface area contributed by atoms with Gasteiger partial charge in [-0.3, -0.25) is 9.48 Å². The molecule has 1 aliphatic heterocycles. The number of hydrogen-bond acceptors (Lipinski definition) is 3. The molecular formula is C15H26N4O. The van der Waals surface area contributed by atoms with Crippen LogP contribution in [0.25, 0.3) is 0 Å². The largest absolute Gasteiger partial charge is 0.342 e. The monoisotopic (exact) mass is 278 g/mol. The smallest absolute Gasteiger partial charge is 0.225 e. The minimum atomic E-state index is 0.110. The van der Waals surface area contributed by atoms with Gasteiger partial charge in [0.25, 0.3) is 0 Å². The first-order valence-electron chi connectivity index (χ1n) is 7.64. The zero-order valence-electron chi connectivity index (χ0n) is 12.8. The number of likely N-dealkylation sites (tertiary alicyclic amines) is 1. The summed E-state index contributed by atoms with van der Waals surface area (Å²) in [6.45, 7) is 9.56. The molecule has 5 heteroatoms. The van der Waals surface area contributed by atoms with E-state index in [1.54, 1.807) is 0 Å². The molecule has 20 heavy (non-hydrogen) atoms. The van der Waals surface area contributed by atoms with Crippen molar-refractivity contribution in [2.45, 2.75) is 52.7 Å². The molecule has 1 N–H and O–H groups in total. The Bertz CT molecular complexity index is 433. The van der Waals surface area contributed by atoms with Gasteiger partial charge in [-0.1, -0.05) is 13.8 Å². The molecule has 1 aromatic rings. The maximum Gasteiger partial charge on any atom is 0.225 e. The lowest BCUT2D eigenvalue weighted by atomic mass is 10.0. The zero-order valence-corrected chi connectivity index (χ0v) is 12.8. The van der Waals surface area contributed by atoms with Gasteiger partial charge in [-0.05, 0) is 25.8 Å². The lowest BCUT2D eigenvalue weighted by Crippen LogP contribution is -2.46. The van der Waals surface area contributed by atoms with Gasteiger partial charge in [-0.25, -0.2) is 0 Å². The molecule has 1 fully saturated rings. The lowest BCUT2D eigenvalue weighted by Gasteiger charge is -2.33. The minimum Gasteiger partial charge on any atom is -0.342 e. The number of rotatable bonds is 5. The van der Waals surface area contributed by atoms with E-state index in [0.717, 1.165) is 39.0 Å². The number of amides is 1. The molecule has 1 saturated heterocycles. The Morgan fingerprint density at radius 3 is 2.75 bits per heavy atom. The molecule has 0 atom stereocenters. The van der Waals surface area contributed by atoms with Crippen LogP contribution in [0.4, 0.5) is 0 Å². The molecule has 112 valence electrons. The van der Waals surface area contributed by atoms with Crippen molar-refractivity contribution >= 4 is 5.91 Å². The molecule has 0 bridgehead atoms. The SMILES string of the molecule is CCn1nccc1CNC1CCN(C(=O)C(C)C)CC1. The summed E-state index contributed by atoms with van der Waals surface area (Å²) in [5.41, 5.74) is 1.23. The first kappa shape index (κ1) is 15.0. The predicted molar refractivity (Wildman–Crippen MR) is 79.2 cm³/mol. The highest BCUT2D eigenvalue weighted by Crippen LogP contribution is 2.14. The summed E-state index contributed by atoms with van der Waals surface area (Å²) in [4.78, 5) is 13.9. The first-order valence-corrected chi connectivity index (χ1v) is 7.64. The van der Waals surface area contributed by atoms with Crippen molar-refractivity contribution in [2.24, 2.45) is 5.92 Å². The van der Waals surface area contributed by atoms with Gasteiger partial charge in [-0.2, -0.15) is 5.10 Å². The second kappa shape index (κ2) is 6.88. The second-order valence-corrected chi connectivity index (χ2v) is 5.77. The molecule has 0 spiro atoms. The van der Waals surface area contributed by atoms with Crippen molar-refractivity contribution in [1.82, 2.24) is 20.0 Å². The van der Waals surface area contributed by atoms with E-state index in [1.807, 2.05) is 29.6 Å². The molecule has 0 aliphatic carbocycles. The topological polar surface area (TPSA) is 50.2 Å². The van der Waals surface area contributed by atoms with Gasteiger partial charge in [0.1, 0.15) is 0 Å². The van der Waals surface area contributed by atoms with E-state index in [-0.39, 0.29) is 11.8 Å². The summed E-state index contributed by atoms with van der Waals surface area (Å²) in [7, 11) is 0. The number of piperidine rings is 1. The molecule has 2 heterocycles. The van der Waals surface area contributed by atoms with Crippen molar-refractivity contribution in [3.05, 3.63) is 18.0 Å². The molecule has 0 saturated carbocycles. The number of carbonyl (C=O) groups is 1. The van der Waals surface area contributed by atoms with Gasteiger partial charge >= 0.3 is 0 Å². The van der Waals surface area contributed by atoms with E-state index in [0.29, 0.717) is 6.04 Å². The summed E-state index contributed by atoms with van der Waals surface area (Å²) in [6.07, 6.45) is 3.93. The van der Waals surface area contributed by atoms with Gasteiger partial charge in [0.2, 0.25) is 5.91 Å². The molecule has 2 rings (SSSR count). The number of aryl methyl sites for hydroxylation is 1. The Morgan fingerprint density at radius 2 is 2.15 bits per heavy atom. The average Bonchev–Trinajstić information content (AvgIpc) is 2.92. The predicted octanol–water partition coefficient (Wildman–Crippen LogP) is 1.64. The van der Waals surface area contributed by atoms with Crippen LogP contribution in [-0.4, -0.2) is 39.7 Å². The van der Waals surface area contributed by atoms with Crippen LogP contribution in [0.2, 0.25) is 0 Å². The standard InChI is InChI=1S/C15H26N4O/c1-4-19-14(5-8-17-19)11-16-13-6-9-18(10-7-13)15(20)12(2)3/h5,8,12-13,16H,4,6-7,9-11H2,1-3H3. The van der Waals surface area contributed by atoms with Crippen LogP contribution >= 0.6 is 0 Å². The molecule has 0 radical (unpaired) electrons. The second-order valence-electron chi connectivity index (χ2n) is 5.77. The van der Waals surface area contributed by atoms with E-state index in [4.69, 9.17) is 0 Å². The van der Waals surface area contributed by atoms with Gasteiger partial charge in [0.05, 0.1) is 5.69 Å². The Morgan fingerprint density at radius 1 is 1.45 bits per heavy atom. The molecule has 1 aliphatic rings. The molecule has 0 unspecified atom stereocenters. The van der Waals surface area contributed by atoms with Crippen LogP contribution in [0.1, 0.15) is 39.3 Å². The number of hydrogen-bond donors (Lipinski definition) is 1. The summed E-state index contributed by atoms with van der Waals surface area (Å²) < 4.78 is 2.02. The third-order valence-corrected chi connectivity index (χ3v) is 3.98. The van der Waals surface area contributed by atoms with Crippen molar-refractivity contribution in [2.75, 3.05) is 13.1 Å². The minimum absolute atomic E-state index is 0.110. The van der Waals surface area contributed by atoms with Gasteiger partial charge in [-0.15, -0.1) is 0 Å². The zero-order chi connectivity index (χ0) is 14.5.